The van der Waals surface area contributed by atoms with E-state index in [0.717, 1.165) is 24.2 Å². The van der Waals surface area contributed by atoms with Crippen LogP contribution in [0.2, 0.25) is 0 Å². The Hall–Kier alpha value is -2.24. The number of hydrogen-bond donors (Lipinski definition) is 2. The molecule has 1 fully saturated rings. The van der Waals surface area contributed by atoms with Gasteiger partial charge in [0.1, 0.15) is 11.8 Å². The van der Waals surface area contributed by atoms with Crippen LogP contribution in [0, 0.1) is 0 Å². The predicted molar refractivity (Wildman–Crippen MR) is 77.2 cm³/mol. The third-order valence-electron chi connectivity index (χ3n) is 3.63. The third-order valence-corrected chi connectivity index (χ3v) is 3.63. The molecule has 1 heterocycles. The van der Waals surface area contributed by atoms with Crippen LogP contribution in [0.3, 0.4) is 0 Å². The average Bonchev–Trinajstić information content (AvgIpc) is 2.52. The lowest BCUT2D eigenvalue weighted by molar-refractivity contribution is -0.143. The highest BCUT2D eigenvalue weighted by Crippen LogP contribution is 2.17. The number of piperidine rings is 1. The summed E-state index contributed by atoms with van der Waals surface area (Å²) in [7, 11) is 1.59. The number of nitrogens with one attached hydrogen (secondary N) is 1. The number of carboxylic acids is 1. The fraction of sp³-hybridized carbons (Fsp3) is 0.467. The predicted octanol–water partition coefficient (Wildman–Crippen LogP) is 1.84. The van der Waals surface area contributed by atoms with Crippen LogP contribution in [0.15, 0.2) is 24.3 Å². The summed E-state index contributed by atoms with van der Waals surface area (Å²) >= 11 is 0. The SMILES string of the molecule is COc1cccc(CNC(=O)N2CCCCC2C(=O)O)c1. The second-order valence-corrected chi connectivity index (χ2v) is 5.05. The normalized spacial score (nSPS) is 18.1. The Labute approximate surface area is 123 Å². The topological polar surface area (TPSA) is 78.9 Å². The minimum absolute atomic E-state index is 0.329. The van der Waals surface area contributed by atoms with Gasteiger partial charge in [-0.25, -0.2) is 9.59 Å². The zero-order valence-corrected chi connectivity index (χ0v) is 12.0. The Morgan fingerprint density at radius 1 is 1.43 bits per heavy atom. The smallest absolute Gasteiger partial charge is 0.326 e. The van der Waals surface area contributed by atoms with Crippen molar-refractivity contribution >= 4 is 12.0 Å². The van der Waals surface area contributed by atoms with E-state index < -0.39 is 12.0 Å². The van der Waals surface area contributed by atoms with Crippen molar-refractivity contribution in [1.29, 1.82) is 0 Å². The molecule has 1 aliphatic rings. The van der Waals surface area contributed by atoms with Crippen LogP contribution in [0.1, 0.15) is 24.8 Å². The summed E-state index contributed by atoms with van der Waals surface area (Å²) in [5.41, 5.74) is 0.909. The van der Waals surface area contributed by atoms with Crippen molar-refractivity contribution in [1.82, 2.24) is 10.2 Å². The van der Waals surface area contributed by atoms with Crippen LogP contribution >= 0.6 is 0 Å². The number of likely N-dealkylation sites (tertiary alicyclic amines) is 1. The molecule has 0 aromatic heterocycles. The maximum Gasteiger partial charge on any atom is 0.326 e. The van der Waals surface area contributed by atoms with Crippen LogP contribution in [0.5, 0.6) is 5.75 Å². The highest BCUT2D eigenvalue weighted by molar-refractivity contribution is 5.82. The maximum atomic E-state index is 12.2. The molecule has 1 atom stereocenters. The molecule has 0 spiro atoms. The summed E-state index contributed by atoms with van der Waals surface area (Å²) in [5.74, 6) is -0.214. The van der Waals surface area contributed by atoms with Gasteiger partial charge in [-0.05, 0) is 37.0 Å². The number of ether oxygens (including phenoxy) is 1. The number of methoxy groups -OCH3 is 1. The van der Waals surface area contributed by atoms with Crippen LogP contribution in [0.4, 0.5) is 4.79 Å². The third kappa shape index (κ3) is 3.87. The van der Waals surface area contributed by atoms with E-state index in [1.807, 2.05) is 24.3 Å². The Bertz CT molecular complexity index is 518. The molecule has 0 aliphatic carbocycles. The molecule has 114 valence electrons. The molecule has 6 heteroatoms. The van der Waals surface area contributed by atoms with E-state index in [4.69, 9.17) is 4.74 Å². The molecular formula is C15H20N2O4. The molecule has 1 aliphatic heterocycles. The summed E-state index contributed by atoms with van der Waals surface area (Å²) in [4.78, 5) is 24.8. The van der Waals surface area contributed by atoms with E-state index >= 15 is 0 Å². The number of benzene rings is 1. The molecule has 2 rings (SSSR count). The van der Waals surface area contributed by atoms with Gasteiger partial charge in [-0.1, -0.05) is 12.1 Å². The lowest BCUT2D eigenvalue weighted by Gasteiger charge is -2.32. The van der Waals surface area contributed by atoms with Crippen molar-refractivity contribution < 1.29 is 19.4 Å². The van der Waals surface area contributed by atoms with Gasteiger partial charge < -0.3 is 20.1 Å². The van der Waals surface area contributed by atoms with E-state index in [1.165, 1.54) is 4.90 Å². The first-order valence-electron chi connectivity index (χ1n) is 7.02. The summed E-state index contributed by atoms with van der Waals surface area (Å²) in [6.45, 7) is 0.833. The first kappa shape index (κ1) is 15.2. The van der Waals surface area contributed by atoms with E-state index in [-0.39, 0.29) is 6.03 Å². The molecule has 1 aromatic rings. The van der Waals surface area contributed by atoms with Crippen molar-refractivity contribution in [3.05, 3.63) is 29.8 Å². The van der Waals surface area contributed by atoms with Gasteiger partial charge >= 0.3 is 12.0 Å². The molecule has 1 saturated heterocycles. The molecule has 1 unspecified atom stereocenters. The minimum atomic E-state index is -0.939. The molecule has 0 bridgehead atoms. The number of hydrogen-bond acceptors (Lipinski definition) is 3. The number of carbonyl (C=O) groups is 2. The van der Waals surface area contributed by atoms with Gasteiger partial charge in [-0.3, -0.25) is 0 Å². The Kier molecular flexibility index (Phi) is 5.03. The zero-order valence-electron chi connectivity index (χ0n) is 12.0. The summed E-state index contributed by atoms with van der Waals surface area (Å²) in [5, 5.41) is 11.9. The van der Waals surface area contributed by atoms with Gasteiger partial charge in [-0.2, -0.15) is 0 Å². The highest BCUT2D eigenvalue weighted by atomic mass is 16.5. The summed E-state index contributed by atoms with van der Waals surface area (Å²) in [6, 6.07) is 6.35. The molecule has 0 radical (unpaired) electrons. The Morgan fingerprint density at radius 2 is 2.24 bits per heavy atom. The molecule has 21 heavy (non-hydrogen) atoms. The van der Waals surface area contributed by atoms with Crippen molar-refractivity contribution in [3.8, 4) is 5.75 Å². The highest BCUT2D eigenvalue weighted by Gasteiger charge is 2.31. The van der Waals surface area contributed by atoms with Gasteiger partial charge in [0.25, 0.3) is 0 Å². The van der Waals surface area contributed by atoms with Crippen molar-refractivity contribution in [3.63, 3.8) is 0 Å². The fourth-order valence-corrected chi connectivity index (χ4v) is 2.49. The second-order valence-electron chi connectivity index (χ2n) is 5.05. The standard InChI is InChI=1S/C15H20N2O4/c1-21-12-6-4-5-11(9-12)10-16-15(20)17-8-3-2-7-13(17)14(18)19/h4-6,9,13H,2-3,7-8,10H2,1H3,(H,16,20)(H,18,19). The van der Waals surface area contributed by atoms with Crippen LogP contribution in [0.25, 0.3) is 0 Å². The molecule has 6 nitrogen and oxygen atoms in total. The van der Waals surface area contributed by atoms with Crippen LogP contribution < -0.4 is 10.1 Å². The lowest BCUT2D eigenvalue weighted by atomic mass is 10.0. The maximum absolute atomic E-state index is 12.2. The molecular weight excluding hydrogens is 272 g/mol. The van der Waals surface area contributed by atoms with E-state index in [9.17, 15) is 14.7 Å². The van der Waals surface area contributed by atoms with Gasteiger partial charge in [-0.15, -0.1) is 0 Å². The second kappa shape index (κ2) is 6.97. The van der Waals surface area contributed by atoms with E-state index in [0.29, 0.717) is 19.5 Å². The molecule has 2 N–H and O–H groups in total. The van der Waals surface area contributed by atoms with Gasteiger partial charge in [0.2, 0.25) is 0 Å². The first-order chi connectivity index (χ1) is 10.1. The lowest BCUT2D eigenvalue weighted by Crippen LogP contribution is -2.51. The summed E-state index contributed by atoms with van der Waals surface area (Å²) in [6.07, 6.45) is 2.20. The van der Waals surface area contributed by atoms with E-state index in [2.05, 4.69) is 5.32 Å². The minimum Gasteiger partial charge on any atom is -0.497 e. The summed E-state index contributed by atoms with van der Waals surface area (Å²) < 4.78 is 5.13. The zero-order chi connectivity index (χ0) is 15.2. The fourth-order valence-electron chi connectivity index (χ4n) is 2.49. The van der Waals surface area contributed by atoms with Gasteiger partial charge in [0.15, 0.2) is 0 Å². The Morgan fingerprint density at radius 3 is 2.95 bits per heavy atom. The molecule has 1 aromatic carbocycles. The number of carboxylic acid groups (broad SMARTS) is 1. The number of nitrogens with zero attached hydrogens (tertiary/aromatic N) is 1. The van der Waals surface area contributed by atoms with Crippen molar-refractivity contribution in [2.75, 3.05) is 13.7 Å². The number of urea groups is 1. The van der Waals surface area contributed by atoms with Gasteiger partial charge in [0.05, 0.1) is 7.11 Å². The average molecular weight is 292 g/mol. The van der Waals surface area contributed by atoms with E-state index in [1.54, 1.807) is 7.11 Å². The Balaban J connectivity index is 1.95. The molecule has 2 amide bonds. The van der Waals surface area contributed by atoms with Crippen LogP contribution in [-0.2, 0) is 11.3 Å². The van der Waals surface area contributed by atoms with Crippen LogP contribution in [-0.4, -0.2) is 41.7 Å². The van der Waals surface area contributed by atoms with Crippen molar-refractivity contribution in [2.45, 2.75) is 31.8 Å². The monoisotopic (exact) mass is 292 g/mol. The van der Waals surface area contributed by atoms with Gasteiger partial charge in [0, 0.05) is 13.1 Å². The molecule has 0 saturated carbocycles. The quantitative estimate of drug-likeness (QED) is 0.887. The number of rotatable bonds is 4. The largest absolute Gasteiger partial charge is 0.497 e. The number of aliphatic carboxylic acids is 1. The number of carbonyl (C=O) groups excluding carboxylic acids is 1. The number of amides is 2. The van der Waals surface area contributed by atoms with Crippen molar-refractivity contribution in [2.24, 2.45) is 0 Å². The first-order valence-corrected chi connectivity index (χ1v) is 7.02.